The molecule has 0 saturated carbocycles. The van der Waals surface area contributed by atoms with Crippen LogP contribution in [-0.4, -0.2) is 15.9 Å². The normalized spacial score (nSPS) is 11.5. The topological polar surface area (TPSA) is 76.5 Å². The summed E-state index contributed by atoms with van der Waals surface area (Å²) in [7, 11) is 0. The number of aromatic nitrogens is 2. The Labute approximate surface area is 203 Å². The number of hydrogen-bond acceptors (Lipinski definition) is 4. The van der Waals surface area contributed by atoms with E-state index < -0.39 is 11.2 Å². The molecule has 5 rings (SSSR count). The van der Waals surface area contributed by atoms with Crippen molar-refractivity contribution in [2.45, 2.75) is 6.61 Å². The summed E-state index contributed by atoms with van der Waals surface area (Å²) < 4.78 is 6.89. The second-order valence-electron chi connectivity index (χ2n) is 7.57. The molecule has 1 heterocycles. The van der Waals surface area contributed by atoms with E-state index in [2.05, 4.69) is 10.1 Å². The molecule has 1 aromatic heterocycles. The zero-order valence-corrected chi connectivity index (χ0v) is 19.2. The highest BCUT2D eigenvalue weighted by molar-refractivity contribution is 6.42. The second kappa shape index (κ2) is 9.17. The van der Waals surface area contributed by atoms with Gasteiger partial charge in [-0.05, 0) is 46.7 Å². The number of hydrogen-bond donors (Lipinski definition) is 1. The van der Waals surface area contributed by atoms with Gasteiger partial charge in [0.25, 0.3) is 5.56 Å². The van der Waals surface area contributed by atoms with Crippen LogP contribution < -0.4 is 16.0 Å². The molecule has 0 amide bonds. The molecule has 6 nitrogen and oxygen atoms in total. The molecule has 0 unspecified atom stereocenters. The van der Waals surface area contributed by atoms with Crippen molar-refractivity contribution in [3.8, 4) is 5.75 Å². The average molecular weight is 490 g/mol. The summed E-state index contributed by atoms with van der Waals surface area (Å²) in [6.07, 6.45) is 1.47. The number of aromatic amines is 1. The highest BCUT2D eigenvalue weighted by Crippen LogP contribution is 2.28. The molecule has 4 aromatic carbocycles. The largest absolute Gasteiger partial charge is 0.488 e. The van der Waals surface area contributed by atoms with Crippen LogP contribution in [0, 0.1) is 0 Å². The fourth-order valence-corrected chi connectivity index (χ4v) is 4.02. The van der Waals surface area contributed by atoms with Crippen molar-refractivity contribution < 1.29 is 4.74 Å². The van der Waals surface area contributed by atoms with Crippen LogP contribution in [0.25, 0.3) is 21.7 Å². The van der Waals surface area contributed by atoms with Gasteiger partial charge in [0.05, 0.1) is 27.2 Å². The second-order valence-corrected chi connectivity index (χ2v) is 8.39. The third-order valence-electron chi connectivity index (χ3n) is 5.40. The van der Waals surface area contributed by atoms with Crippen LogP contribution in [-0.2, 0) is 6.61 Å². The molecule has 0 bridgehead atoms. The van der Waals surface area contributed by atoms with Gasteiger partial charge in [0, 0.05) is 5.56 Å². The summed E-state index contributed by atoms with van der Waals surface area (Å²) >= 11 is 12.1. The lowest BCUT2D eigenvalue weighted by molar-refractivity contribution is 0.306. The number of nitrogens with zero attached hydrogens (tertiary/aromatic N) is 2. The Kier molecular flexibility index (Phi) is 5.92. The smallest absolute Gasteiger partial charge is 0.349 e. The number of fused-ring (bicyclic) bond motifs is 2. The molecular weight excluding hydrogens is 473 g/mol. The molecule has 0 aliphatic rings. The number of H-pyrrole nitrogens is 1. The van der Waals surface area contributed by atoms with Gasteiger partial charge in [-0.2, -0.15) is 5.10 Å². The number of rotatable bonds is 5. The van der Waals surface area contributed by atoms with E-state index in [0.717, 1.165) is 21.0 Å². The van der Waals surface area contributed by atoms with E-state index in [1.165, 1.54) is 6.21 Å². The maximum absolute atomic E-state index is 12.9. The van der Waals surface area contributed by atoms with Crippen molar-refractivity contribution in [2.75, 3.05) is 0 Å². The molecule has 0 atom stereocenters. The first-order valence-corrected chi connectivity index (χ1v) is 11.1. The highest BCUT2D eigenvalue weighted by atomic mass is 35.5. The fraction of sp³-hybridized carbons (Fsp3) is 0.0385. The van der Waals surface area contributed by atoms with Crippen LogP contribution in [0.15, 0.2) is 93.6 Å². The predicted octanol–water partition coefficient (Wildman–Crippen LogP) is 5.61. The zero-order valence-electron chi connectivity index (χ0n) is 17.7. The van der Waals surface area contributed by atoms with Crippen LogP contribution >= 0.6 is 23.2 Å². The zero-order chi connectivity index (χ0) is 23.7. The van der Waals surface area contributed by atoms with Crippen LogP contribution in [0.2, 0.25) is 10.0 Å². The molecule has 1 N–H and O–H groups in total. The van der Waals surface area contributed by atoms with E-state index >= 15 is 0 Å². The maximum atomic E-state index is 12.9. The lowest BCUT2D eigenvalue weighted by atomic mass is 10.0. The average Bonchev–Trinajstić information content (AvgIpc) is 2.85. The Hall–Kier alpha value is -3.87. The Balaban J connectivity index is 1.58. The molecule has 8 heteroatoms. The van der Waals surface area contributed by atoms with E-state index in [-0.39, 0.29) is 6.61 Å². The van der Waals surface area contributed by atoms with Crippen LogP contribution in [0.5, 0.6) is 5.75 Å². The van der Waals surface area contributed by atoms with E-state index in [4.69, 9.17) is 27.9 Å². The Morgan fingerprint density at radius 2 is 1.65 bits per heavy atom. The van der Waals surface area contributed by atoms with E-state index in [1.807, 2.05) is 42.5 Å². The Morgan fingerprint density at radius 1 is 0.882 bits per heavy atom. The molecule has 168 valence electrons. The minimum absolute atomic E-state index is 0.243. The number of ether oxygens (including phenoxy) is 1. The molecule has 0 aliphatic carbocycles. The van der Waals surface area contributed by atoms with Crippen LogP contribution in [0.1, 0.15) is 11.1 Å². The van der Waals surface area contributed by atoms with Gasteiger partial charge in [-0.3, -0.25) is 4.79 Å². The third-order valence-corrected chi connectivity index (χ3v) is 6.13. The number of benzene rings is 4. The van der Waals surface area contributed by atoms with Gasteiger partial charge in [0.2, 0.25) is 0 Å². The standard InChI is InChI=1S/C26H17Cl2N3O3/c27-21-11-9-16(13-22(21)28)15-34-24-12-10-17-5-1-2-6-18(17)20(24)14-29-31-25(32)19-7-3-4-8-23(19)30-26(31)33/h1-14H,15H2,(H,30,33). The van der Waals surface area contributed by atoms with Crippen molar-refractivity contribution >= 4 is 51.1 Å². The molecule has 34 heavy (non-hydrogen) atoms. The number of halogens is 2. The first kappa shape index (κ1) is 21.9. The van der Waals surface area contributed by atoms with Gasteiger partial charge >= 0.3 is 5.69 Å². The van der Waals surface area contributed by atoms with Gasteiger partial charge in [-0.15, -0.1) is 4.68 Å². The SMILES string of the molecule is O=c1[nH]c2ccccc2c(=O)n1N=Cc1c(OCc2ccc(Cl)c(Cl)c2)ccc2ccccc12. The van der Waals surface area contributed by atoms with E-state index in [1.54, 1.807) is 36.4 Å². The Morgan fingerprint density at radius 3 is 2.47 bits per heavy atom. The molecule has 0 saturated heterocycles. The van der Waals surface area contributed by atoms with Gasteiger partial charge in [-0.1, -0.05) is 71.7 Å². The molecule has 0 aliphatic heterocycles. The van der Waals surface area contributed by atoms with Gasteiger partial charge in [0.15, 0.2) is 0 Å². The minimum atomic E-state index is -0.626. The summed E-state index contributed by atoms with van der Waals surface area (Å²) in [6.45, 7) is 0.243. The number of para-hydroxylation sites is 1. The third kappa shape index (κ3) is 4.21. The summed E-state index contributed by atoms with van der Waals surface area (Å²) in [6, 6.07) is 23.6. The molecule has 0 spiro atoms. The van der Waals surface area contributed by atoms with Crippen molar-refractivity contribution in [3.63, 3.8) is 0 Å². The van der Waals surface area contributed by atoms with Crippen molar-refractivity contribution in [2.24, 2.45) is 5.10 Å². The maximum Gasteiger partial charge on any atom is 0.349 e. The van der Waals surface area contributed by atoms with Gasteiger partial charge in [-0.25, -0.2) is 4.79 Å². The number of nitrogens with one attached hydrogen (secondary N) is 1. The fourth-order valence-electron chi connectivity index (χ4n) is 3.70. The summed E-state index contributed by atoms with van der Waals surface area (Å²) in [5.41, 5.74) is 0.803. The lowest BCUT2D eigenvalue weighted by Crippen LogP contribution is -2.32. The monoisotopic (exact) mass is 489 g/mol. The van der Waals surface area contributed by atoms with Crippen molar-refractivity contribution in [3.05, 3.63) is 121 Å². The van der Waals surface area contributed by atoms with Crippen molar-refractivity contribution in [1.82, 2.24) is 9.66 Å². The molecule has 5 aromatic rings. The van der Waals surface area contributed by atoms with Crippen LogP contribution in [0.3, 0.4) is 0 Å². The molecular formula is C26H17Cl2N3O3. The van der Waals surface area contributed by atoms with Crippen LogP contribution in [0.4, 0.5) is 0 Å². The minimum Gasteiger partial charge on any atom is -0.488 e. The highest BCUT2D eigenvalue weighted by Gasteiger charge is 2.10. The van der Waals surface area contributed by atoms with Gasteiger partial charge < -0.3 is 9.72 Å². The first-order chi connectivity index (χ1) is 16.5. The van der Waals surface area contributed by atoms with Crippen molar-refractivity contribution in [1.29, 1.82) is 0 Å². The molecule has 0 fully saturated rings. The van der Waals surface area contributed by atoms with E-state index in [9.17, 15) is 9.59 Å². The van der Waals surface area contributed by atoms with E-state index in [0.29, 0.717) is 32.3 Å². The van der Waals surface area contributed by atoms with Gasteiger partial charge in [0.1, 0.15) is 12.4 Å². The predicted molar refractivity (Wildman–Crippen MR) is 137 cm³/mol. The Bertz CT molecular complexity index is 1690. The quantitative estimate of drug-likeness (QED) is 0.326. The summed E-state index contributed by atoms with van der Waals surface area (Å²) in [5, 5.41) is 7.34. The summed E-state index contributed by atoms with van der Waals surface area (Å²) in [5.74, 6) is 0.541. The first-order valence-electron chi connectivity index (χ1n) is 10.4. The summed E-state index contributed by atoms with van der Waals surface area (Å²) in [4.78, 5) is 28.1. The molecule has 0 radical (unpaired) electrons. The lowest BCUT2D eigenvalue weighted by Gasteiger charge is -2.12.